The second kappa shape index (κ2) is 7.77. The maximum Gasteiger partial charge on any atom is 0.305 e. The lowest BCUT2D eigenvalue weighted by Gasteiger charge is -2.63. The van der Waals surface area contributed by atoms with Crippen LogP contribution in [-0.2, 0) is 28.6 Å². The van der Waals surface area contributed by atoms with E-state index in [1.165, 1.54) is 19.1 Å². The number of hydrogen-bond donors (Lipinski definition) is 1. The number of carbonyl (C=O) groups excluding carboxylic acids is 3. The number of aliphatic hydroxyl groups is 1. The van der Waals surface area contributed by atoms with Gasteiger partial charge in [0, 0.05) is 23.2 Å². The van der Waals surface area contributed by atoms with Gasteiger partial charge in [0.15, 0.2) is 29.4 Å². The molecule has 1 saturated heterocycles. The number of ketones is 2. The van der Waals surface area contributed by atoms with Crippen molar-refractivity contribution in [1.82, 2.24) is 0 Å². The molecule has 5 aliphatic rings. The predicted octanol–water partition coefficient (Wildman–Crippen LogP) is 3.33. The average molecular weight is 509 g/mol. The Kier molecular flexibility index (Phi) is 5.54. The number of fused-ring (bicyclic) bond motifs is 7. The molecule has 198 valence electrons. The Morgan fingerprint density at radius 2 is 1.89 bits per heavy atom. The van der Waals surface area contributed by atoms with E-state index >= 15 is 8.78 Å². The molecule has 9 atom stereocenters. The van der Waals surface area contributed by atoms with Crippen LogP contribution in [0.3, 0.4) is 0 Å². The van der Waals surface area contributed by atoms with E-state index in [1.54, 1.807) is 27.7 Å². The highest BCUT2D eigenvalue weighted by Crippen LogP contribution is 2.72. The summed E-state index contributed by atoms with van der Waals surface area (Å²) in [5, 5.41) is 11.5. The van der Waals surface area contributed by atoms with E-state index in [9.17, 15) is 19.5 Å². The molecular weight excluding hydrogens is 474 g/mol. The summed E-state index contributed by atoms with van der Waals surface area (Å²) in [6.45, 7) is 7.73. The zero-order chi connectivity index (χ0) is 26.5. The van der Waals surface area contributed by atoms with Gasteiger partial charge >= 0.3 is 5.97 Å². The molecule has 0 amide bonds. The van der Waals surface area contributed by atoms with E-state index in [1.807, 2.05) is 0 Å². The van der Waals surface area contributed by atoms with Crippen LogP contribution < -0.4 is 0 Å². The summed E-state index contributed by atoms with van der Waals surface area (Å²) in [5.41, 5.74) is -6.46. The highest BCUT2D eigenvalue weighted by atomic mass is 19.1. The van der Waals surface area contributed by atoms with E-state index in [-0.39, 0.29) is 31.3 Å². The van der Waals surface area contributed by atoms with E-state index < -0.39 is 82.2 Å². The van der Waals surface area contributed by atoms with E-state index in [0.717, 1.165) is 6.08 Å². The predicted molar refractivity (Wildman–Crippen MR) is 123 cm³/mol. The summed E-state index contributed by atoms with van der Waals surface area (Å²) in [7, 11) is 0. The van der Waals surface area contributed by atoms with Gasteiger partial charge in [0.25, 0.3) is 0 Å². The van der Waals surface area contributed by atoms with Gasteiger partial charge in [-0.2, -0.15) is 0 Å². The van der Waals surface area contributed by atoms with E-state index in [2.05, 4.69) is 0 Å². The second-order valence-corrected chi connectivity index (χ2v) is 11.9. The number of aliphatic hydroxyl groups excluding tert-OH is 1. The number of hydrogen-bond acceptors (Lipinski definition) is 7. The third-order valence-electron chi connectivity index (χ3n) is 9.69. The zero-order valence-electron chi connectivity index (χ0n) is 21.3. The van der Waals surface area contributed by atoms with Crippen molar-refractivity contribution in [3.05, 3.63) is 23.8 Å². The number of halogens is 2. The molecule has 4 fully saturated rings. The molecule has 1 N–H and O–H groups in total. The number of rotatable bonds is 4. The topological polar surface area (TPSA) is 99.1 Å². The van der Waals surface area contributed by atoms with Crippen LogP contribution in [0.5, 0.6) is 0 Å². The van der Waals surface area contributed by atoms with Crippen molar-refractivity contribution in [3.8, 4) is 0 Å². The fraction of sp³-hybridized carbons (Fsp3) is 0.741. The number of Topliss-reactive ketones (excluding diaryl/α,β-unsaturated/α-hetero) is 1. The fourth-order valence-corrected chi connectivity index (χ4v) is 8.16. The van der Waals surface area contributed by atoms with Crippen LogP contribution in [-0.4, -0.2) is 64.7 Å². The van der Waals surface area contributed by atoms with Crippen LogP contribution in [0.4, 0.5) is 8.78 Å². The summed E-state index contributed by atoms with van der Waals surface area (Å²) < 4.78 is 50.6. The van der Waals surface area contributed by atoms with Crippen LogP contribution >= 0.6 is 0 Å². The average Bonchev–Trinajstić information content (AvgIpc) is 3.21. The molecule has 0 radical (unpaired) electrons. The number of allylic oxidation sites excluding steroid dienone is 4. The minimum absolute atomic E-state index is 0.0421. The maximum atomic E-state index is 17.3. The minimum Gasteiger partial charge on any atom is -0.458 e. The Bertz CT molecular complexity index is 1080. The number of carbonyl (C=O) groups is 3. The quantitative estimate of drug-likeness (QED) is 0.582. The van der Waals surface area contributed by atoms with Gasteiger partial charge in [-0.15, -0.1) is 0 Å². The molecule has 0 unspecified atom stereocenters. The molecule has 0 aromatic rings. The standard InChI is InChI=1S/C27H34F2O7/c1-6-22(33)34-13-20(32)27-21(35-23(2,3)36-27)11-15-16-10-18(28)17-9-14(30)7-8-24(17,4)26(16,29)19(31)12-25(15,27)5/h7-9,15-16,18-19,21,31H,6,10-13H2,1-5H3/t15-,16-,18-,19+,21+,24-,25-,26-,27+/m0/s1. The summed E-state index contributed by atoms with van der Waals surface area (Å²) in [5.74, 6) is -4.13. The van der Waals surface area contributed by atoms with E-state index in [0.29, 0.717) is 0 Å². The molecule has 7 nitrogen and oxygen atoms in total. The summed E-state index contributed by atoms with van der Waals surface area (Å²) in [6, 6.07) is 0. The Balaban J connectivity index is 1.60. The molecule has 1 aliphatic heterocycles. The number of esters is 1. The molecule has 1 heterocycles. The first-order valence-corrected chi connectivity index (χ1v) is 12.7. The van der Waals surface area contributed by atoms with Crippen molar-refractivity contribution in [1.29, 1.82) is 0 Å². The Morgan fingerprint density at radius 1 is 1.19 bits per heavy atom. The third kappa shape index (κ3) is 3.02. The first-order chi connectivity index (χ1) is 16.7. The van der Waals surface area contributed by atoms with Crippen molar-refractivity contribution in [2.45, 2.75) is 95.7 Å². The van der Waals surface area contributed by atoms with Crippen molar-refractivity contribution >= 4 is 17.5 Å². The highest BCUT2D eigenvalue weighted by Gasteiger charge is 2.80. The molecule has 36 heavy (non-hydrogen) atoms. The monoisotopic (exact) mass is 508 g/mol. The van der Waals surface area contributed by atoms with Crippen LogP contribution in [0.15, 0.2) is 23.8 Å². The van der Waals surface area contributed by atoms with Crippen LogP contribution in [0.1, 0.15) is 60.3 Å². The third-order valence-corrected chi connectivity index (χ3v) is 9.69. The van der Waals surface area contributed by atoms with Gasteiger partial charge in [0.2, 0.25) is 5.78 Å². The molecule has 0 spiro atoms. The van der Waals surface area contributed by atoms with Crippen molar-refractivity contribution < 1.29 is 42.5 Å². The molecule has 5 rings (SSSR count). The van der Waals surface area contributed by atoms with Crippen LogP contribution in [0.2, 0.25) is 0 Å². The molecular formula is C27H34F2O7. The Labute approximate surface area is 209 Å². The van der Waals surface area contributed by atoms with Gasteiger partial charge in [-0.25, -0.2) is 8.78 Å². The minimum atomic E-state index is -2.27. The molecule has 0 aromatic carbocycles. The first kappa shape index (κ1) is 25.7. The zero-order valence-corrected chi connectivity index (χ0v) is 21.3. The first-order valence-electron chi connectivity index (χ1n) is 12.7. The second-order valence-electron chi connectivity index (χ2n) is 11.9. The lowest BCUT2D eigenvalue weighted by atomic mass is 9.44. The number of alkyl halides is 2. The SMILES string of the molecule is CCC(=O)OCC(=O)[C@@]12OC(C)(C)O[C@@H]1C[C@H]1[C@@H]3C[C@H](F)C4=CC(=O)C=C[C@]4(C)[C@@]3(F)[C@H](O)C[C@@]12C. The van der Waals surface area contributed by atoms with Crippen molar-refractivity contribution in [2.24, 2.45) is 22.7 Å². The summed E-state index contributed by atoms with van der Waals surface area (Å²) in [4.78, 5) is 37.6. The lowest BCUT2D eigenvalue weighted by molar-refractivity contribution is -0.249. The van der Waals surface area contributed by atoms with Crippen LogP contribution in [0, 0.1) is 22.7 Å². The Morgan fingerprint density at radius 3 is 2.56 bits per heavy atom. The normalized spacial score (nSPS) is 48.4. The molecule has 3 saturated carbocycles. The highest BCUT2D eigenvalue weighted by molar-refractivity contribution is 6.01. The molecule has 9 heteroatoms. The Hall–Kier alpha value is -1.97. The van der Waals surface area contributed by atoms with Gasteiger partial charge in [-0.1, -0.05) is 19.9 Å². The summed E-state index contributed by atoms with van der Waals surface area (Å²) >= 11 is 0. The largest absolute Gasteiger partial charge is 0.458 e. The van der Waals surface area contributed by atoms with Crippen molar-refractivity contribution in [3.63, 3.8) is 0 Å². The smallest absolute Gasteiger partial charge is 0.305 e. The van der Waals surface area contributed by atoms with Gasteiger partial charge < -0.3 is 19.3 Å². The van der Waals surface area contributed by atoms with E-state index in [4.69, 9.17) is 14.2 Å². The van der Waals surface area contributed by atoms with Crippen LogP contribution in [0.25, 0.3) is 0 Å². The lowest BCUT2D eigenvalue weighted by Crippen LogP contribution is -2.71. The van der Waals surface area contributed by atoms with Gasteiger partial charge in [0.05, 0.1) is 12.2 Å². The molecule has 0 aromatic heterocycles. The number of ether oxygens (including phenoxy) is 3. The van der Waals surface area contributed by atoms with Gasteiger partial charge in [-0.05, 0) is 63.7 Å². The molecule has 4 aliphatic carbocycles. The van der Waals surface area contributed by atoms with Gasteiger partial charge in [-0.3, -0.25) is 14.4 Å². The summed E-state index contributed by atoms with van der Waals surface area (Å²) in [6.07, 6.45) is -0.236. The fourth-order valence-electron chi connectivity index (χ4n) is 8.16. The van der Waals surface area contributed by atoms with Gasteiger partial charge in [0.1, 0.15) is 6.17 Å². The molecule has 0 bridgehead atoms. The maximum absolute atomic E-state index is 17.3. The van der Waals surface area contributed by atoms with Crippen molar-refractivity contribution in [2.75, 3.05) is 6.61 Å².